The van der Waals surface area contributed by atoms with Crippen LogP contribution in [-0.2, 0) is 5.11 Å². The SMILES string of the molecule is C=Cc1ccc(C([O])=O)cc1. The van der Waals surface area contributed by atoms with Gasteiger partial charge in [0.1, 0.15) is 0 Å². The number of carbonyl (C=O) groups is 1. The van der Waals surface area contributed by atoms with Gasteiger partial charge in [0.15, 0.2) is 0 Å². The second-order valence-corrected chi connectivity index (χ2v) is 2.11. The minimum Gasteiger partial charge on any atom is -0.242 e. The van der Waals surface area contributed by atoms with E-state index in [4.69, 9.17) is 0 Å². The Morgan fingerprint density at radius 2 is 1.82 bits per heavy atom. The maximum atomic E-state index is 10.3. The van der Waals surface area contributed by atoms with E-state index in [1.807, 2.05) is 0 Å². The Kier molecular flexibility index (Phi) is 2.06. The molecule has 0 aliphatic rings. The number of carbonyl (C=O) groups excluding carboxylic acids is 1. The molecule has 0 aromatic heterocycles. The minimum atomic E-state index is -1.15. The molecular formula is C9H7O2. The predicted octanol–water partition coefficient (Wildman–Crippen LogP) is 1.90. The fraction of sp³-hybridized carbons (Fsp3) is 0. The van der Waals surface area contributed by atoms with Crippen molar-refractivity contribution in [2.24, 2.45) is 0 Å². The smallest absolute Gasteiger partial charge is 0.242 e. The lowest BCUT2D eigenvalue weighted by molar-refractivity contribution is 0.0573. The summed E-state index contributed by atoms with van der Waals surface area (Å²) >= 11 is 0. The van der Waals surface area contributed by atoms with E-state index in [1.54, 1.807) is 18.2 Å². The van der Waals surface area contributed by atoms with Gasteiger partial charge in [-0.1, -0.05) is 24.8 Å². The Morgan fingerprint density at radius 1 is 1.27 bits per heavy atom. The predicted molar refractivity (Wildman–Crippen MR) is 41.6 cm³/mol. The maximum absolute atomic E-state index is 10.3. The van der Waals surface area contributed by atoms with Crippen molar-refractivity contribution in [3.05, 3.63) is 42.0 Å². The minimum absolute atomic E-state index is 0.190. The van der Waals surface area contributed by atoms with Crippen molar-refractivity contribution < 1.29 is 9.90 Å². The van der Waals surface area contributed by atoms with Crippen LogP contribution in [0.1, 0.15) is 15.9 Å². The molecule has 0 fully saturated rings. The number of hydrogen-bond acceptors (Lipinski definition) is 1. The third kappa shape index (κ3) is 1.67. The largest absolute Gasteiger partial charge is 0.386 e. The van der Waals surface area contributed by atoms with E-state index in [0.717, 1.165) is 5.56 Å². The Balaban J connectivity index is 3.00. The van der Waals surface area contributed by atoms with Crippen LogP contribution in [0, 0.1) is 0 Å². The zero-order valence-corrected chi connectivity index (χ0v) is 5.91. The molecule has 0 amide bonds. The van der Waals surface area contributed by atoms with Gasteiger partial charge >= 0.3 is 5.97 Å². The summed E-state index contributed by atoms with van der Waals surface area (Å²) in [5, 5.41) is 10.3. The first-order chi connectivity index (χ1) is 5.24. The Bertz CT molecular complexity index is 272. The molecule has 0 bridgehead atoms. The van der Waals surface area contributed by atoms with Crippen LogP contribution in [0.4, 0.5) is 0 Å². The zero-order chi connectivity index (χ0) is 8.27. The van der Waals surface area contributed by atoms with E-state index in [1.165, 1.54) is 12.1 Å². The molecule has 1 aromatic rings. The monoisotopic (exact) mass is 147 g/mol. The van der Waals surface area contributed by atoms with Gasteiger partial charge in [0.2, 0.25) is 0 Å². The van der Waals surface area contributed by atoms with Crippen LogP contribution in [0.15, 0.2) is 30.8 Å². The van der Waals surface area contributed by atoms with Gasteiger partial charge < -0.3 is 0 Å². The highest BCUT2D eigenvalue weighted by Crippen LogP contribution is 2.04. The van der Waals surface area contributed by atoms with Crippen LogP contribution >= 0.6 is 0 Å². The lowest BCUT2D eigenvalue weighted by atomic mass is 10.1. The topological polar surface area (TPSA) is 37.0 Å². The van der Waals surface area contributed by atoms with E-state index < -0.39 is 5.97 Å². The summed E-state index contributed by atoms with van der Waals surface area (Å²) in [5.41, 5.74) is 1.09. The average Bonchev–Trinajstić information content (AvgIpc) is 2.05. The first-order valence-corrected chi connectivity index (χ1v) is 3.18. The summed E-state index contributed by atoms with van der Waals surface area (Å²) in [5.74, 6) is -1.15. The normalized spacial score (nSPS) is 9.09. The van der Waals surface area contributed by atoms with Crippen LogP contribution < -0.4 is 0 Å². The van der Waals surface area contributed by atoms with E-state index in [-0.39, 0.29) is 5.56 Å². The molecule has 1 radical (unpaired) electrons. The van der Waals surface area contributed by atoms with Gasteiger partial charge in [-0.3, -0.25) is 0 Å². The van der Waals surface area contributed by atoms with Crippen LogP contribution in [0.2, 0.25) is 0 Å². The molecule has 0 spiro atoms. The number of rotatable bonds is 2. The van der Waals surface area contributed by atoms with Crippen molar-refractivity contribution in [3.8, 4) is 0 Å². The van der Waals surface area contributed by atoms with Gasteiger partial charge in [-0.2, -0.15) is 0 Å². The molecular weight excluding hydrogens is 140 g/mol. The summed E-state index contributed by atoms with van der Waals surface area (Å²) in [6.07, 6.45) is 1.65. The van der Waals surface area contributed by atoms with Gasteiger partial charge in [0, 0.05) is 0 Å². The molecule has 0 N–H and O–H groups in total. The molecule has 55 valence electrons. The van der Waals surface area contributed by atoms with Gasteiger partial charge in [0.25, 0.3) is 0 Å². The van der Waals surface area contributed by atoms with Gasteiger partial charge in [-0.05, 0) is 17.7 Å². The van der Waals surface area contributed by atoms with Crippen LogP contribution in [-0.4, -0.2) is 5.97 Å². The summed E-state index contributed by atoms with van der Waals surface area (Å²) in [4.78, 5) is 10.3. The molecule has 0 saturated heterocycles. The molecule has 0 heterocycles. The first-order valence-electron chi connectivity index (χ1n) is 3.18. The molecule has 11 heavy (non-hydrogen) atoms. The van der Waals surface area contributed by atoms with Crippen LogP contribution in [0.3, 0.4) is 0 Å². The van der Waals surface area contributed by atoms with E-state index in [0.29, 0.717) is 0 Å². The molecule has 1 rings (SSSR count). The van der Waals surface area contributed by atoms with Crippen LogP contribution in [0.5, 0.6) is 0 Å². The second kappa shape index (κ2) is 3.01. The highest BCUT2D eigenvalue weighted by Gasteiger charge is 2.01. The highest BCUT2D eigenvalue weighted by molar-refractivity contribution is 5.87. The van der Waals surface area contributed by atoms with E-state index >= 15 is 0 Å². The van der Waals surface area contributed by atoms with E-state index in [9.17, 15) is 9.90 Å². The molecule has 0 unspecified atom stereocenters. The van der Waals surface area contributed by atoms with Gasteiger partial charge in [0.05, 0.1) is 5.56 Å². The maximum Gasteiger partial charge on any atom is 0.386 e. The Morgan fingerprint density at radius 3 is 2.18 bits per heavy atom. The van der Waals surface area contributed by atoms with Crippen molar-refractivity contribution in [2.45, 2.75) is 0 Å². The summed E-state index contributed by atoms with van der Waals surface area (Å²) < 4.78 is 0. The Hall–Kier alpha value is -1.57. The van der Waals surface area contributed by atoms with Crippen molar-refractivity contribution >= 4 is 12.0 Å². The molecule has 0 atom stereocenters. The third-order valence-electron chi connectivity index (χ3n) is 1.38. The quantitative estimate of drug-likeness (QED) is 0.629. The molecule has 0 aliphatic carbocycles. The fourth-order valence-electron chi connectivity index (χ4n) is 0.755. The standard InChI is InChI=1S/C9H7O2/c1-2-7-3-5-8(6-4-7)9(10)11/h2-6H,1H2. The average molecular weight is 147 g/mol. The summed E-state index contributed by atoms with van der Waals surface area (Å²) in [6, 6.07) is 6.34. The zero-order valence-electron chi connectivity index (χ0n) is 5.91. The molecule has 0 aliphatic heterocycles. The highest BCUT2D eigenvalue weighted by atomic mass is 16.4. The first kappa shape index (κ1) is 7.54. The lowest BCUT2D eigenvalue weighted by Gasteiger charge is -1.92. The Labute approximate surface area is 64.8 Å². The lowest BCUT2D eigenvalue weighted by Crippen LogP contribution is -1.92. The molecule has 2 heteroatoms. The summed E-state index contributed by atoms with van der Waals surface area (Å²) in [7, 11) is 0. The van der Waals surface area contributed by atoms with E-state index in [2.05, 4.69) is 6.58 Å². The van der Waals surface area contributed by atoms with Crippen molar-refractivity contribution in [2.75, 3.05) is 0 Å². The summed E-state index contributed by atoms with van der Waals surface area (Å²) in [6.45, 7) is 3.54. The molecule has 0 saturated carbocycles. The van der Waals surface area contributed by atoms with Gasteiger partial charge in [-0.15, -0.1) is 0 Å². The van der Waals surface area contributed by atoms with Crippen molar-refractivity contribution in [1.29, 1.82) is 0 Å². The second-order valence-electron chi connectivity index (χ2n) is 2.11. The number of benzene rings is 1. The van der Waals surface area contributed by atoms with Crippen molar-refractivity contribution in [1.82, 2.24) is 0 Å². The molecule has 1 aromatic carbocycles. The van der Waals surface area contributed by atoms with Crippen molar-refractivity contribution in [3.63, 3.8) is 0 Å². The van der Waals surface area contributed by atoms with Crippen LogP contribution in [0.25, 0.3) is 6.08 Å². The third-order valence-corrected chi connectivity index (χ3v) is 1.38. The fourth-order valence-corrected chi connectivity index (χ4v) is 0.755. The van der Waals surface area contributed by atoms with Gasteiger partial charge in [-0.25, -0.2) is 9.90 Å². The number of hydrogen-bond donors (Lipinski definition) is 0. The molecule has 2 nitrogen and oxygen atoms in total.